The maximum Gasteiger partial charge on any atom is 0.261 e. The topological polar surface area (TPSA) is 76.1 Å². The van der Waals surface area contributed by atoms with Crippen molar-refractivity contribution >= 4 is 21.5 Å². The van der Waals surface area contributed by atoms with Crippen LogP contribution in [0, 0.1) is 0 Å². The number of carbonyl (C=O) groups excluding carboxylic acids is 1. The molecule has 0 amide bonds. The molecule has 0 saturated heterocycles. The molecule has 0 aliphatic rings. The molecule has 0 saturated carbocycles. The van der Waals surface area contributed by atoms with Crippen molar-refractivity contribution in [3.8, 4) is 11.3 Å². The molecule has 2 aromatic carbocycles. The lowest BCUT2D eigenvalue weighted by Gasteiger charge is -2.09. The van der Waals surface area contributed by atoms with E-state index in [2.05, 4.69) is 9.71 Å². The average molecular weight is 352 g/mol. The summed E-state index contributed by atoms with van der Waals surface area (Å²) in [5, 5.41) is 0. The fraction of sp³-hybridized carbons (Fsp3) is 0.0526. The molecule has 0 aliphatic heterocycles. The molecular formula is C19H16N2O3S. The van der Waals surface area contributed by atoms with Gasteiger partial charge in [0.2, 0.25) is 0 Å². The van der Waals surface area contributed by atoms with Crippen molar-refractivity contribution in [3.63, 3.8) is 0 Å². The zero-order chi connectivity index (χ0) is 17.9. The molecule has 5 nitrogen and oxygen atoms in total. The lowest BCUT2D eigenvalue weighted by molar-refractivity contribution is 0.101. The van der Waals surface area contributed by atoms with Crippen LogP contribution in [0.3, 0.4) is 0 Å². The Morgan fingerprint density at radius 1 is 0.920 bits per heavy atom. The number of Topliss-reactive ketones (excluding diaryl/α,β-unsaturated/α-hetero) is 1. The van der Waals surface area contributed by atoms with E-state index in [0.29, 0.717) is 11.3 Å². The monoisotopic (exact) mass is 352 g/mol. The van der Waals surface area contributed by atoms with Crippen molar-refractivity contribution < 1.29 is 13.2 Å². The van der Waals surface area contributed by atoms with Gasteiger partial charge in [-0.1, -0.05) is 42.5 Å². The van der Waals surface area contributed by atoms with Crippen LogP contribution in [0.2, 0.25) is 0 Å². The molecule has 1 heterocycles. The third-order valence-electron chi connectivity index (χ3n) is 3.66. The van der Waals surface area contributed by atoms with Crippen LogP contribution < -0.4 is 4.72 Å². The van der Waals surface area contributed by atoms with Crippen LogP contribution in [0.1, 0.15) is 17.3 Å². The second kappa shape index (κ2) is 6.86. The molecule has 0 unspecified atom stereocenters. The summed E-state index contributed by atoms with van der Waals surface area (Å²) < 4.78 is 27.3. The third kappa shape index (κ3) is 3.92. The van der Waals surface area contributed by atoms with Gasteiger partial charge in [-0.2, -0.15) is 0 Å². The molecule has 25 heavy (non-hydrogen) atoms. The van der Waals surface area contributed by atoms with E-state index in [0.717, 1.165) is 11.3 Å². The average Bonchev–Trinajstić information content (AvgIpc) is 2.63. The minimum absolute atomic E-state index is 0.0876. The number of hydrogen-bond donors (Lipinski definition) is 1. The number of nitrogens with one attached hydrogen (secondary N) is 1. The maximum atomic E-state index is 12.4. The van der Waals surface area contributed by atoms with E-state index < -0.39 is 10.0 Å². The molecule has 3 aromatic rings. The molecule has 126 valence electrons. The number of nitrogens with zero attached hydrogens (tertiary/aromatic N) is 1. The zero-order valence-corrected chi connectivity index (χ0v) is 14.3. The summed E-state index contributed by atoms with van der Waals surface area (Å²) in [4.78, 5) is 15.7. The highest BCUT2D eigenvalue weighted by atomic mass is 32.2. The molecule has 1 aromatic heterocycles. The van der Waals surface area contributed by atoms with Gasteiger partial charge >= 0.3 is 0 Å². The first-order valence-corrected chi connectivity index (χ1v) is 9.09. The van der Waals surface area contributed by atoms with Crippen molar-refractivity contribution in [2.24, 2.45) is 0 Å². The first kappa shape index (κ1) is 16.9. The van der Waals surface area contributed by atoms with Crippen LogP contribution in [-0.2, 0) is 10.0 Å². The van der Waals surface area contributed by atoms with Crippen LogP contribution in [0.4, 0.5) is 5.69 Å². The van der Waals surface area contributed by atoms with E-state index in [9.17, 15) is 13.2 Å². The summed E-state index contributed by atoms with van der Waals surface area (Å²) >= 11 is 0. The number of rotatable bonds is 5. The highest BCUT2D eigenvalue weighted by Gasteiger charge is 2.15. The molecule has 6 heteroatoms. The lowest BCUT2D eigenvalue weighted by Crippen LogP contribution is -2.13. The number of ketones is 1. The van der Waals surface area contributed by atoms with Crippen molar-refractivity contribution in [1.82, 2.24) is 4.98 Å². The van der Waals surface area contributed by atoms with Gasteiger partial charge in [-0.15, -0.1) is 0 Å². The van der Waals surface area contributed by atoms with E-state index in [1.165, 1.54) is 37.4 Å². The second-order valence-corrected chi connectivity index (χ2v) is 7.17. The van der Waals surface area contributed by atoms with Crippen LogP contribution >= 0.6 is 0 Å². The molecule has 0 spiro atoms. The normalized spacial score (nSPS) is 11.1. The van der Waals surface area contributed by atoms with Gasteiger partial charge in [0.05, 0.1) is 22.5 Å². The van der Waals surface area contributed by atoms with Crippen LogP contribution in [0.15, 0.2) is 77.8 Å². The number of hydrogen-bond acceptors (Lipinski definition) is 4. The van der Waals surface area contributed by atoms with E-state index in [1.807, 2.05) is 30.3 Å². The van der Waals surface area contributed by atoms with E-state index in [-0.39, 0.29) is 10.7 Å². The Morgan fingerprint density at radius 3 is 2.16 bits per heavy atom. The molecule has 3 rings (SSSR count). The molecule has 1 N–H and O–H groups in total. The number of aromatic nitrogens is 1. The summed E-state index contributed by atoms with van der Waals surface area (Å²) in [6.07, 6.45) is 1.48. The fourth-order valence-electron chi connectivity index (χ4n) is 2.32. The Balaban J connectivity index is 1.80. The SMILES string of the molecule is CC(=O)c1ccc(S(=O)(=O)Nc2ccc(-c3ccccc3)nc2)cc1. The summed E-state index contributed by atoms with van der Waals surface area (Å²) in [5.41, 5.74) is 2.55. The van der Waals surface area contributed by atoms with Gasteiger partial charge in [0.25, 0.3) is 10.0 Å². The van der Waals surface area contributed by atoms with Crippen molar-refractivity contribution in [3.05, 3.63) is 78.5 Å². The number of carbonyl (C=O) groups is 1. The van der Waals surface area contributed by atoms with Crippen molar-refractivity contribution in [1.29, 1.82) is 0 Å². The van der Waals surface area contributed by atoms with Crippen LogP contribution in [0.25, 0.3) is 11.3 Å². The van der Waals surface area contributed by atoms with Gasteiger partial charge in [0.15, 0.2) is 5.78 Å². The van der Waals surface area contributed by atoms with Crippen molar-refractivity contribution in [2.75, 3.05) is 4.72 Å². The largest absolute Gasteiger partial charge is 0.295 e. The highest BCUT2D eigenvalue weighted by Crippen LogP contribution is 2.20. The first-order chi connectivity index (χ1) is 12.0. The van der Waals surface area contributed by atoms with E-state index >= 15 is 0 Å². The number of benzene rings is 2. The quantitative estimate of drug-likeness (QED) is 0.710. The number of sulfonamides is 1. The molecule has 0 fully saturated rings. The van der Waals surface area contributed by atoms with Crippen LogP contribution in [-0.4, -0.2) is 19.2 Å². The van der Waals surface area contributed by atoms with Gasteiger partial charge in [-0.05, 0) is 31.2 Å². The smallest absolute Gasteiger partial charge is 0.261 e. The van der Waals surface area contributed by atoms with E-state index in [4.69, 9.17) is 0 Å². The summed E-state index contributed by atoms with van der Waals surface area (Å²) in [7, 11) is -3.73. The molecule has 0 radical (unpaired) electrons. The zero-order valence-electron chi connectivity index (χ0n) is 13.5. The lowest BCUT2D eigenvalue weighted by atomic mass is 10.1. The minimum Gasteiger partial charge on any atom is -0.295 e. The Bertz CT molecular complexity index is 981. The molecular weight excluding hydrogens is 336 g/mol. The summed E-state index contributed by atoms with van der Waals surface area (Å²) in [6.45, 7) is 1.43. The predicted octanol–water partition coefficient (Wildman–Crippen LogP) is 3.75. The Kier molecular flexibility index (Phi) is 4.63. The standard InChI is InChI=1S/C19H16N2O3S/c1-14(22)15-7-10-18(11-8-15)25(23,24)21-17-9-12-19(20-13-17)16-5-3-2-4-6-16/h2-13,21H,1H3. The van der Waals surface area contributed by atoms with Gasteiger partial charge < -0.3 is 0 Å². The summed E-state index contributed by atoms with van der Waals surface area (Å²) in [5.74, 6) is -0.113. The van der Waals surface area contributed by atoms with Gasteiger partial charge in [-0.3, -0.25) is 14.5 Å². The molecule has 0 atom stereocenters. The van der Waals surface area contributed by atoms with Gasteiger partial charge in [0, 0.05) is 11.1 Å². The third-order valence-corrected chi connectivity index (χ3v) is 5.05. The van der Waals surface area contributed by atoms with Gasteiger partial charge in [-0.25, -0.2) is 8.42 Å². The Morgan fingerprint density at radius 2 is 1.60 bits per heavy atom. The Labute approximate surface area is 146 Å². The molecule has 0 bridgehead atoms. The minimum atomic E-state index is -3.73. The van der Waals surface area contributed by atoms with Gasteiger partial charge in [0.1, 0.15) is 0 Å². The number of anilines is 1. The van der Waals surface area contributed by atoms with E-state index in [1.54, 1.807) is 12.1 Å². The first-order valence-electron chi connectivity index (χ1n) is 7.61. The Hall–Kier alpha value is -2.99. The van der Waals surface area contributed by atoms with Crippen molar-refractivity contribution in [2.45, 2.75) is 11.8 Å². The second-order valence-electron chi connectivity index (χ2n) is 5.48. The predicted molar refractivity (Wildman–Crippen MR) is 96.9 cm³/mol. The van der Waals surface area contributed by atoms with Crippen LogP contribution in [0.5, 0.6) is 0 Å². The number of pyridine rings is 1. The fourth-order valence-corrected chi connectivity index (χ4v) is 3.36. The maximum absolute atomic E-state index is 12.4. The summed E-state index contributed by atoms with van der Waals surface area (Å²) in [6, 6.07) is 18.8. The highest BCUT2D eigenvalue weighted by molar-refractivity contribution is 7.92. The molecule has 0 aliphatic carbocycles.